The molecule has 25 heavy (non-hydrogen) atoms. The minimum atomic E-state index is -3.55. The highest BCUT2D eigenvalue weighted by Gasteiger charge is 2.32. The third-order valence-corrected chi connectivity index (χ3v) is 6.68. The van der Waals surface area contributed by atoms with Crippen LogP contribution in [0.2, 0.25) is 0 Å². The minimum absolute atomic E-state index is 0.0514. The van der Waals surface area contributed by atoms with Crippen molar-refractivity contribution in [2.75, 3.05) is 13.1 Å². The smallest absolute Gasteiger partial charge is 0.259 e. The van der Waals surface area contributed by atoms with Crippen molar-refractivity contribution in [3.05, 3.63) is 47.9 Å². The number of imidazole rings is 1. The van der Waals surface area contributed by atoms with E-state index in [1.54, 1.807) is 11.6 Å². The van der Waals surface area contributed by atoms with Gasteiger partial charge in [0, 0.05) is 31.9 Å². The van der Waals surface area contributed by atoms with Crippen LogP contribution in [0.4, 0.5) is 0 Å². The average molecular weight is 360 g/mol. The second kappa shape index (κ2) is 6.55. The topological polar surface area (TPSA) is 67.2 Å². The Morgan fingerprint density at radius 1 is 1.20 bits per heavy atom. The van der Waals surface area contributed by atoms with Gasteiger partial charge in [-0.25, -0.2) is 18.1 Å². The molecule has 4 rings (SSSR count). The number of piperidine rings is 1. The first kappa shape index (κ1) is 16.8. The Balaban J connectivity index is 1.42. The summed E-state index contributed by atoms with van der Waals surface area (Å²) < 4.78 is 29.5. The Hall–Kier alpha value is -1.70. The molecular weight excluding hydrogens is 336 g/mol. The molecule has 6 nitrogen and oxygen atoms in total. The number of nitrogens with one attached hydrogen (secondary N) is 1. The molecule has 2 aromatic rings. The lowest BCUT2D eigenvalue weighted by atomic mass is 10.0. The van der Waals surface area contributed by atoms with E-state index in [1.807, 2.05) is 0 Å². The number of rotatable bonds is 4. The summed E-state index contributed by atoms with van der Waals surface area (Å²) in [6.45, 7) is 1.81. The van der Waals surface area contributed by atoms with Crippen LogP contribution in [0.3, 0.4) is 0 Å². The van der Waals surface area contributed by atoms with E-state index >= 15 is 0 Å². The van der Waals surface area contributed by atoms with Crippen LogP contribution in [0.25, 0.3) is 0 Å². The molecule has 134 valence electrons. The average Bonchev–Trinajstić information content (AvgIpc) is 3.21. The summed E-state index contributed by atoms with van der Waals surface area (Å²) in [7, 11) is -1.78. The zero-order chi connectivity index (χ0) is 17.4. The van der Waals surface area contributed by atoms with Crippen LogP contribution in [0, 0.1) is 0 Å². The number of aromatic nitrogens is 2. The Kier molecular flexibility index (Phi) is 4.39. The number of likely N-dealkylation sites (tertiary alicyclic amines) is 1. The molecule has 2 aliphatic rings. The van der Waals surface area contributed by atoms with E-state index < -0.39 is 10.0 Å². The van der Waals surface area contributed by atoms with E-state index in [-0.39, 0.29) is 11.1 Å². The molecule has 1 aliphatic carbocycles. The van der Waals surface area contributed by atoms with E-state index in [1.165, 1.54) is 23.7 Å². The fourth-order valence-electron chi connectivity index (χ4n) is 4.04. The van der Waals surface area contributed by atoms with Crippen molar-refractivity contribution in [1.29, 1.82) is 0 Å². The lowest BCUT2D eigenvalue weighted by Gasteiger charge is -2.36. The molecule has 1 aromatic carbocycles. The van der Waals surface area contributed by atoms with E-state index in [0.29, 0.717) is 6.04 Å². The Morgan fingerprint density at radius 3 is 2.56 bits per heavy atom. The molecule has 0 spiro atoms. The molecule has 1 fully saturated rings. The van der Waals surface area contributed by atoms with E-state index in [4.69, 9.17) is 0 Å². The molecule has 0 saturated carbocycles. The quantitative estimate of drug-likeness (QED) is 0.893. The monoisotopic (exact) mass is 360 g/mol. The van der Waals surface area contributed by atoms with Crippen molar-refractivity contribution in [2.45, 2.75) is 42.8 Å². The maximum absolute atomic E-state index is 12.5. The maximum atomic E-state index is 12.5. The lowest BCUT2D eigenvalue weighted by Crippen LogP contribution is -2.51. The van der Waals surface area contributed by atoms with Crippen LogP contribution < -0.4 is 4.72 Å². The summed E-state index contributed by atoms with van der Waals surface area (Å²) in [6.07, 6.45) is 7.07. The van der Waals surface area contributed by atoms with Gasteiger partial charge in [0.2, 0.25) is 0 Å². The largest absolute Gasteiger partial charge is 0.339 e. The lowest BCUT2D eigenvalue weighted by molar-refractivity contribution is 0.148. The van der Waals surface area contributed by atoms with Gasteiger partial charge in [0.1, 0.15) is 0 Å². The second-order valence-corrected chi connectivity index (χ2v) is 8.82. The van der Waals surface area contributed by atoms with Crippen molar-refractivity contribution in [3.8, 4) is 0 Å². The molecule has 1 N–H and O–H groups in total. The molecule has 1 aromatic heterocycles. The summed E-state index contributed by atoms with van der Waals surface area (Å²) in [5, 5.41) is 0.0976. The first-order chi connectivity index (χ1) is 12.0. The Bertz CT molecular complexity index is 836. The van der Waals surface area contributed by atoms with Gasteiger partial charge in [-0.3, -0.25) is 4.90 Å². The van der Waals surface area contributed by atoms with E-state index in [9.17, 15) is 8.42 Å². The maximum Gasteiger partial charge on any atom is 0.259 e. The van der Waals surface area contributed by atoms with Gasteiger partial charge in [-0.05, 0) is 43.4 Å². The van der Waals surface area contributed by atoms with Crippen molar-refractivity contribution in [3.63, 3.8) is 0 Å². The molecular formula is C18H24N4O2S. The molecule has 1 aliphatic heterocycles. The van der Waals surface area contributed by atoms with Gasteiger partial charge in [-0.1, -0.05) is 24.3 Å². The predicted molar refractivity (Wildman–Crippen MR) is 95.8 cm³/mol. The highest BCUT2D eigenvalue weighted by atomic mass is 32.2. The number of fused-ring (bicyclic) bond motifs is 1. The zero-order valence-corrected chi connectivity index (χ0v) is 15.2. The van der Waals surface area contributed by atoms with Crippen molar-refractivity contribution in [2.24, 2.45) is 7.05 Å². The van der Waals surface area contributed by atoms with Crippen molar-refractivity contribution < 1.29 is 8.42 Å². The van der Waals surface area contributed by atoms with Crippen LogP contribution >= 0.6 is 0 Å². The molecule has 1 saturated heterocycles. The summed E-state index contributed by atoms with van der Waals surface area (Å²) in [4.78, 5) is 6.43. The summed E-state index contributed by atoms with van der Waals surface area (Å²) in [5.41, 5.74) is 2.87. The normalized spacial score (nSPS) is 22.2. The Morgan fingerprint density at radius 2 is 1.92 bits per heavy atom. The van der Waals surface area contributed by atoms with Crippen LogP contribution in [-0.2, 0) is 29.9 Å². The third kappa shape index (κ3) is 3.49. The Labute approximate surface area is 148 Å². The molecule has 0 amide bonds. The third-order valence-electron chi connectivity index (χ3n) is 5.28. The molecule has 0 unspecified atom stereocenters. The molecule has 7 heteroatoms. The van der Waals surface area contributed by atoms with E-state index in [0.717, 1.165) is 38.8 Å². The molecule has 0 bridgehead atoms. The van der Waals surface area contributed by atoms with Crippen LogP contribution in [-0.4, -0.2) is 48.0 Å². The number of benzene rings is 1. The van der Waals surface area contributed by atoms with Crippen molar-refractivity contribution in [1.82, 2.24) is 19.2 Å². The van der Waals surface area contributed by atoms with Gasteiger partial charge in [0.15, 0.2) is 5.03 Å². The first-order valence-corrected chi connectivity index (χ1v) is 10.3. The van der Waals surface area contributed by atoms with Gasteiger partial charge in [0.25, 0.3) is 10.0 Å². The SMILES string of the molecule is Cn1cnc(S(=O)(=O)N[C@@H]2CCCN(C3Cc4ccccc4C3)C2)c1. The van der Waals surface area contributed by atoms with E-state index in [2.05, 4.69) is 38.9 Å². The van der Waals surface area contributed by atoms with Crippen LogP contribution in [0.15, 0.2) is 41.8 Å². The molecule has 1 atom stereocenters. The number of aryl methyl sites for hydroxylation is 1. The number of hydrogen-bond acceptors (Lipinski definition) is 4. The highest BCUT2D eigenvalue weighted by Crippen LogP contribution is 2.27. The standard InChI is InChI=1S/C18H24N4O2S/c1-21-12-18(19-13-21)25(23,24)20-16-7-4-8-22(11-16)17-9-14-5-2-3-6-15(14)10-17/h2-3,5-6,12-13,16-17,20H,4,7-11H2,1H3/t16-/m1/s1. The second-order valence-electron chi connectivity index (χ2n) is 7.16. The predicted octanol–water partition coefficient (Wildman–Crippen LogP) is 1.33. The van der Waals surface area contributed by atoms with Gasteiger partial charge in [-0.15, -0.1) is 0 Å². The summed E-state index contributed by atoms with van der Waals surface area (Å²) in [6, 6.07) is 9.05. The molecule has 2 heterocycles. The molecule has 0 radical (unpaired) electrons. The number of hydrogen-bond donors (Lipinski definition) is 1. The zero-order valence-electron chi connectivity index (χ0n) is 14.4. The first-order valence-electron chi connectivity index (χ1n) is 8.82. The van der Waals surface area contributed by atoms with Gasteiger partial charge < -0.3 is 4.57 Å². The van der Waals surface area contributed by atoms with Crippen molar-refractivity contribution >= 4 is 10.0 Å². The minimum Gasteiger partial charge on any atom is -0.339 e. The summed E-state index contributed by atoms with van der Waals surface area (Å²) >= 11 is 0. The van der Waals surface area contributed by atoms with Gasteiger partial charge >= 0.3 is 0 Å². The van der Waals surface area contributed by atoms with Crippen LogP contribution in [0.1, 0.15) is 24.0 Å². The number of sulfonamides is 1. The fraction of sp³-hybridized carbons (Fsp3) is 0.500. The van der Waals surface area contributed by atoms with Crippen LogP contribution in [0.5, 0.6) is 0 Å². The fourth-order valence-corrected chi connectivity index (χ4v) is 5.28. The highest BCUT2D eigenvalue weighted by molar-refractivity contribution is 7.89. The van der Waals surface area contributed by atoms with Gasteiger partial charge in [0.05, 0.1) is 6.33 Å². The number of nitrogens with zero attached hydrogens (tertiary/aromatic N) is 3. The van der Waals surface area contributed by atoms with Gasteiger partial charge in [-0.2, -0.15) is 0 Å². The summed E-state index contributed by atoms with van der Waals surface area (Å²) in [5.74, 6) is 0.